The van der Waals surface area contributed by atoms with Gasteiger partial charge in [-0.25, -0.2) is 9.78 Å². The van der Waals surface area contributed by atoms with Crippen LogP contribution in [0.3, 0.4) is 0 Å². The average Bonchev–Trinajstić information content (AvgIpc) is 2.90. The summed E-state index contributed by atoms with van der Waals surface area (Å²) in [6.45, 7) is 7.52. The number of aromatic carboxylic acids is 1. The normalized spacial score (nSPS) is 10.9. The smallest absolute Gasteiger partial charge is 0.347 e. The third-order valence-corrected chi connectivity index (χ3v) is 4.31. The molecule has 0 radical (unpaired) electrons. The second-order valence-electron chi connectivity index (χ2n) is 5.13. The first-order valence-corrected chi connectivity index (χ1v) is 7.87. The zero-order valence-corrected chi connectivity index (χ0v) is 13.4. The quantitative estimate of drug-likeness (QED) is 0.876. The van der Waals surface area contributed by atoms with E-state index in [1.54, 1.807) is 0 Å². The first-order chi connectivity index (χ1) is 10.0. The maximum Gasteiger partial charge on any atom is 0.347 e. The molecule has 1 heterocycles. The van der Waals surface area contributed by atoms with Gasteiger partial charge in [-0.3, -0.25) is 0 Å². The second kappa shape index (κ2) is 6.72. The van der Waals surface area contributed by atoms with Crippen molar-refractivity contribution in [3.63, 3.8) is 0 Å². The number of thiazole rings is 1. The van der Waals surface area contributed by atoms with Crippen LogP contribution >= 0.6 is 11.3 Å². The van der Waals surface area contributed by atoms with E-state index in [4.69, 9.17) is 0 Å². The molecule has 5 heteroatoms. The number of carboxylic acid groups (broad SMARTS) is 1. The van der Waals surface area contributed by atoms with E-state index in [2.05, 4.69) is 28.9 Å². The Morgan fingerprint density at radius 1 is 1.33 bits per heavy atom. The summed E-state index contributed by atoms with van der Waals surface area (Å²) in [5, 5.41) is 10.1. The van der Waals surface area contributed by atoms with Crippen molar-refractivity contribution < 1.29 is 9.90 Å². The monoisotopic (exact) mass is 304 g/mol. The largest absolute Gasteiger partial charge is 0.477 e. The number of anilines is 1. The van der Waals surface area contributed by atoms with Gasteiger partial charge in [0.15, 0.2) is 0 Å². The molecule has 0 bridgehead atoms. The van der Waals surface area contributed by atoms with Crippen molar-refractivity contribution in [2.75, 3.05) is 11.4 Å². The highest BCUT2D eigenvalue weighted by atomic mass is 32.1. The summed E-state index contributed by atoms with van der Waals surface area (Å²) in [5.41, 5.74) is 1.81. The summed E-state index contributed by atoms with van der Waals surface area (Å²) in [5.74, 6) is -0.766. The van der Waals surface area contributed by atoms with E-state index >= 15 is 0 Å². The van der Waals surface area contributed by atoms with Crippen LogP contribution in [0.4, 0.5) is 5.69 Å². The van der Waals surface area contributed by atoms with Gasteiger partial charge in [0.2, 0.25) is 0 Å². The lowest BCUT2D eigenvalue weighted by molar-refractivity contribution is 0.0700. The maximum absolute atomic E-state index is 11.3. The topological polar surface area (TPSA) is 53.4 Å². The van der Waals surface area contributed by atoms with Crippen LogP contribution in [0.15, 0.2) is 30.3 Å². The molecule has 0 saturated carbocycles. The van der Waals surface area contributed by atoms with Gasteiger partial charge >= 0.3 is 5.97 Å². The van der Waals surface area contributed by atoms with Gasteiger partial charge in [0.25, 0.3) is 0 Å². The van der Waals surface area contributed by atoms with Crippen molar-refractivity contribution in [1.82, 2.24) is 4.98 Å². The first kappa shape index (κ1) is 15.5. The van der Waals surface area contributed by atoms with E-state index in [1.165, 1.54) is 11.3 Å². The lowest BCUT2D eigenvalue weighted by Gasteiger charge is -2.21. The van der Waals surface area contributed by atoms with Crippen molar-refractivity contribution in [2.45, 2.75) is 33.2 Å². The second-order valence-corrected chi connectivity index (χ2v) is 6.22. The third-order valence-electron chi connectivity index (χ3n) is 3.27. The van der Waals surface area contributed by atoms with Crippen LogP contribution in [0.2, 0.25) is 0 Å². The SMILES string of the molecule is CCN(Cc1nc(C(C)C)c(C(=O)O)s1)c1ccccc1. The summed E-state index contributed by atoms with van der Waals surface area (Å²) in [4.78, 5) is 18.4. The number of rotatable bonds is 6. The Bertz CT molecular complexity index is 608. The summed E-state index contributed by atoms with van der Waals surface area (Å²) in [6, 6.07) is 10.1. The molecule has 0 spiro atoms. The zero-order valence-electron chi connectivity index (χ0n) is 12.5. The molecule has 0 unspecified atom stereocenters. The van der Waals surface area contributed by atoms with Gasteiger partial charge in [-0.1, -0.05) is 32.0 Å². The molecule has 1 aromatic heterocycles. The number of para-hydroxylation sites is 1. The molecule has 0 amide bonds. The molecule has 0 aliphatic heterocycles. The van der Waals surface area contributed by atoms with E-state index in [0.717, 1.165) is 17.2 Å². The lowest BCUT2D eigenvalue weighted by atomic mass is 10.1. The first-order valence-electron chi connectivity index (χ1n) is 7.05. The highest BCUT2D eigenvalue weighted by molar-refractivity contribution is 7.13. The Morgan fingerprint density at radius 2 is 2.00 bits per heavy atom. The molecule has 112 valence electrons. The van der Waals surface area contributed by atoms with Crippen molar-refractivity contribution in [1.29, 1.82) is 0 Å². The lowest BCUT2D eigenvalue weighted by Crippen LogP contribution is -2.21. The Morgan fingerprint density at radius 3 is 2.48 bits per heavy atom. The van der Waals surface area contributed by atoms with Gasteiger partial charge in [-0.2, -0.15) is 0 Å². The highest BCUT2D eigenvalue weighted by Gasteiger charge is 2.20. The Kier molecular flexibility index (Phi) is 4.96. The Labute approximate surface area is 129 Å². The zero-order chi connectivity index (χ0) is 15.4. The highest BCUT2D eigenvalue weighted by Crippen LogP contribution is 2.27. The van der Waals surface area contributed by atoms with Crippen LogP contribution in [-0.2, 0) is 6.54 Å². The Balaban J connectivity index is 2.26. The number of benzene rings is 1. The molecule has 2 aromatic rings. The summed E-state index contributed by atoms with van der Waals surface area (Å²) in [7, 11) is 0. The molecule has 4 nitrogen and oxygen atoms in total. The fourth-order valence-electron chi connectivity index (χ4n) is 2.18. The van der Waals surface area contributed by atoms with Crippen molar-refractivity contribution in [2.24, 2.45) is 0 Å². The van der Waals surface area contributed by atoms with Gasteiger partial charge in [0, 0.05) is 12.2 Å². The number of aromatic nitrogens is 1. The van der Waals surface area contributed by atoms with Crippen molar-refractivity contribution >= 4 is 23.0 Å². The molecule has 1 N–H and O–H groups in total. The van der Waals surface area contributed by atoms with Crippen LogP contribution in [0.1, 0.15) is 47.1 Å². The van der Waals surface area contributed by atoms with Gasteiger partial charge in [0.05, 0.1) is 12.2 Å². The van der Waals surface area contributed by atoms with Crippen molar-refractivity contribution in [3.05, 3.63) is 45.9 Å². The average molecular weight is 304 g/mol. The maximum atomic E-state index is 11.3. The van der Waals surface area contributed by atoms with E-state index in [1.807, 2.05) is 32.0 Å². The number of hydrogen-bond acceptors (Lipinski definition) is 4. The molecule has 0 fully saturated rings. The number of hydrogen-bond donors (Lipinski definition) is 1. The van der Waals surface area contributed by atoms with Crippen LogP contribution in [-0.4, -0.2) is 22.6 Å². The molecule has 0 aliphatic rings. The van der Waals surface area contributed by atoms with Gasteiger partial charge in [-0.15, -0.1) is 11.3 Å². The Hall–Kier alpha value is -1.88. The molecule has 2 rings (SSSR count). The third kappa shape index (κ3) is 3.61. The molecular formula is C16H20N2O2S. The summed E-state index contributed by atoms with van der Waals surface area (Å²) < 4.78 is 0. The summed E-state index contributed by atoms with van der Waals surface area (Å²) in [6.07, 6.45) is 0. The van der Waals surface area contributed by atoms with Gasteiger partial charge in [-0.05, 0) is 25.0 Å². The minimum atomic E-state index is -0.884. The molecule has 21 heavy (non-hydrogen) atoms. The van der Waals surface area contributed by atoms with Crippen LogP contribution in [0.5, 0.6) is 0 Å². The fourth-order valence-corrected chi connectivity index (χ4v) is 3.25. The summed E-state index contributed by atoms with van der Waals surface area (Å²) >= 11 is 1.28. The van der Waals surface area contributed by atoms with Crippen LogP contribution in [0, 0.1) is 0 Å². The molecule has 1 aromatic carbocycles. The van der Waals surface area contributed by atoms with Gasteiger partial charge < -0.3 is 10.0 Å². The van der Waals surface area contributed by atoms with E-state index in [-0.39, 0.29) is 5.92 Å². The molecule has 0 saturated heterocycles. The number of nitrogens with zero attached hydrogens (tertiary/aromatic N) is 2. The fraction of sp³-hybridized carbons (Fsp3) is 0.375. The van der Waals surface area contributed by atoms with E-state index in [0.29, 0.717) is 17.1 Å². The number of carboxylic acids is 1. The standard InChI is InChI=1S/C16H20N2O2S/c1-4-18(12-8-6-5-7-9-12)10-13-17-14(11(2)3)15(21-13)16(19)20/h5-9,11H,4,10H2,1-3H3,(H,19,20). The predicted molar refractivity (Wildman–Crippen MR) is 86.3 cm³/mol. The number of carbonyl (C=O) groups is 1. The molecule has 0 atom stereocenters. The van der Waals surface area contributed by atoms with E-state index in [9.17, 15) is 9.90 Å². The van der Waals surface area contributed by atoms with Crippen LogP contribution in [0.25, 0.3) is 0 Å². The van der Waals surface area contributed by atoms with E-state index < -0.39 is 5.97 Å². The molecular weight excluding hydrogens is 284 g/mol. The van der Waals surface area contributed by atoms with Crippen molar-refractivity contribution in [3.8, 4) is 0 Å². The molecule has 0 aliphatic carbocycles. The predicted octanol–water partition coefficient (Wildman–Crippen LogP) is 3.99. The van der Waals surface area contributed by atoms with Gasteiger partial charge in [0.1, 0.15) is 9.88 Å². The van der Waals surface area contributed by atoms with Crippen LogP contribution < -0.4 is 4.90 Å². The minimum absolute atomic E-state index is 0.118. The minimum Gasteiger partial charge on any atom is -0.477 e.